The molecule has 0 unspecified atom stereocenters. The summed E-state index contributed by atoms with van der Waals surface area (Å²) >= 11 is 0. The zero-order valence-corrected chi connectivity index (χ0v) is 19.4. The van der Waals surface area contributed by atoms with Crippen LogP contribution in [0.15, 0.2) is 53.4 Å². The van der Waals surface area contributed by atoms with Gasteiger partial charge in [-0.05, 0) is 62.6 Å². The van der Waals surface area contributed by atoms with Gasteiger partial charge < -0.3 is 10.1 Å². The minimum absolute atomic E-state index is 0.143. The van der Waals surface area contributed by atoms with E-state index >= 15 is 0 Å². The predicted octanol–water partition coefficient (Wildman–Crippen LogP) is 3.99. The molecule has 1 heterocycles. The minimum Gasteiger partial charge on any atom is -0.462 e. The van der Waals surface area contributed by atoms with Gasteiger partial charge in [0.1, 0.15) is 0 Å². The first kappa shape index (κ1) is 23.9. The zero-order chi connectivity index (χ0) is 23.1. The summed E-state index contributed by atoms with van der Waals surface area (Å²) in [7, 11) is -3.55. The number of rotatable bonds is 8. The number of carbonyl (C=O) groups is 2. The molecule has 8 heteroatoms. The topological polar surface area (TPSA) is 92.8 Å². The van der Waals surface area contributed by atoms with Gasteiger partial charge in [-0.25, -0.2) is 13.2 Å². The Hall–Kier alpha value is -2.71. The number of anilines is 1. The van der Waals surface area contributed by atoms with E-state index in [2.05, 4.69) is 5.32 Å². The second-order valence-electron chi connectivity index (χ2n) is 8.05. The van der Waals surface area contributed by atoms with Crippen molar-refractivity contribution < 1.29 is 22.7 Å². The van der Waals surface area contributed by atoms with E-state index in [-0.39, 0.29) is 22.7 Å². The van der Waals surface area contributed by atoms with Crippen LogP contribution in [0, 0.1) is 12.8 Å². The number of aryl methyl sites for hydroxylation is 1. The first-order chi connectivity index (χ1) is 15.3. The van der Waals surface area contributed by atoms with Gasteiger partial charge in [-0.3, -0.25) is 4.79 Å². The van der Waals surface area contributed by atoms with Crippen molar-refractivity contribution >= 4 is 27.6 Å². The van der Waals surface area contributed by atoms with Crippen molar-refractivity contribution in [1.29, 1.82) is 0 Å². The highest BCUT2D eigenvalue weighted by atomic mass is 32.2. The number of ether oxygens (including phenoxy) is 1. The largest absolute Gasteiger partial charge is 0.462 e. The SMILES string of the molecule is CCCCOC(=O)c1ccc(NC(=O)C2CCN(S(=O)(=O)c3ccc(C)cc3)CC2)cc1. The van der Waals surface area contributed by atoms with E-state index in [9.17, 15) is 18.0 Å². The second-order valence-corrected chi connectivity index (χ2v) is 9.99. The number of unbranched alkanes of at least 4 members (excludes halogenated alkanes) is 1. The number of esters is 1. The number of hydrogen-bond donors (Lipinski definition) is 1. The highest BCUT2D eigenvalue weighted by Gasteiger charge is 2.32. The molecular formula is C24H30N2O5S. The molecule has 3 rings (SSSR count). The number of benzene rings is 2. The molecule has 1 aliphatic rings. The Labute approximate surface area is 189 Å². The fourth-order valence-electron chi connectivity index (χ4n) is 3.54. The van der Waals surface area contributed by atoms with Gasteiger partial charge in [0.25, 0.3) is 0 Å². The van der Waals surface area contributed by atoms with E-state index in [0.29, 0.717) is 43.8 Å². The monoisotopic (exact) mass is 458 g/mol. The molecule has 0 aromatic heterocycles. The number of nitrogens with one attached hydrogen (secondary N) is 1. The van der Waals surface area contributed by atoms with Gasteiger partial charge in [0.05, 0.1) is 17.1 Å². The van der Waals surface area contributed by atoms with Gasteiger partial charge in [0.2, 0.25) is 15.9 Å². The summed E-state index contributed by atoms with van der Waals surface area (Å²) in [5.41, 5.74) is 2.03. The van der Waals surface area contributed by atoms with Crippen LogP contribution in [0.4, 0.5) is 5.69 Å². The molecule has 0 spiro atoms. The van der Waals surface area contributed by atoms with Crippen LogP contribution in [0.2, 0.25) is 0 Å². The maximum atomic E-state index is 12.8. The van der Waals surface area contributed by atoms with Crippen LogP contribution in [0.1, 0.15) is 48.5 Å². The summed E-state index contributed by atoms with van der Waals surface area (Å²) in [6.45, 7) is 4.94. The van der Waals surface area contributed by atoms with Crippen molar-refractivity contribution in [1.82, 2.24) is 4.31 Å². The Morgan fingerprint density at radius 2 is 1.66 bits per heavy atom. The lowest BCUT2D eigenvalue weighted by atomic mass is 9.97. The molecule has 7 nitrogen and oxygen atoms in total. The lowest BCUT2D eigenvalue weighted by Gasteiger charge is -2.30. The van der Waals surface area contributed by atoms with Crippen molar-refractivity contribution in [2.45, 2.75) is 44.4 Å². The maximum Gasteiger partial charge on any atom is 0.338 e. The van der Waals surface area contributed by atoms with E-state index in [1.807, 2.05) is 13.8 Å². The number of piperidine rings is 1. The van der Waals surface area contributed by atoms with Crippen molar-refractivity contribution in [3.05, 3.63) is 59.7 Å². The Morgan fingerprint density at radius 3 is 2.25 bits per heavy atom. The van der Waals surface area contributed by atoms with Gasteiger partial charge in [0, 0.05) is 24.7 Å². The molecule has 1 aliphatic heterocycles. The molecule has 0 aliphatic carbocycles. The molecule has 0 bridgehead atoms. The molecule has 0 atom stereocenters. The average molecular weight is 459 g/mol. The first-order valence-corrected chi connectivity index (χ1v) is 12.4. The van der Waals surface area contributed by atoms with Crippen LogP contribution in [-0.2, 0) is 19.6 Å². The van der Waals surface area contributed by atoms with Crippen molar-refractivity contribution in [3.8, 4) is 0 Å². The van der Waals surface area contributed by atoms with Gasteiger partial charge in [-0.15, -0.1) is 0 Å². The number of sulfonamides is 1. The standard InChI is InChI=1S/C24H30N2O5S/c1-3-4-17-31-24(28)20-7-9-21(10-8-20)25-23(27)19-13-15-26(16-14-19)32(29,30)22-11-5-18(2)6-12-22/h5-12,19H,3-4,13-17H2,1-2H3,(H,25,27). The van der Waals surface area contributed by atoms with E-state index in [4.69, 9.17) is 4.74 Å². The molecular weight excluding hydrogens is 428 g/mol. The second kappa shape index (κ2) is 10.7. The quantitative estimate of drug-likeness (QED) is 0.477. The molecule has 0 radical (unpaired) electrons. The third-order valence-corrected chi connectivity index (χ3v) is 7.52. The zero-order valence-electron chi connectivity index (χ0n) is 18.5. The van der Waals surface area contributed by atoms with Crippen LogP contribution in [0.3, 0.4) is 0 Å². The smallest absolute Gasteiger partial charge is 0.338 e. The fraction of sp³-hybridized carbons (Fsp3) is 0.417. The van der Waals surface area contributed by atoms with Crippen LogP contribution in [-0.4, -0.2) is 44.3 Å². The molecule has 1 amide bonds. The lowest BCUT2D eigenvalue weighted by molar-refractivity contribution is -0.120. The number of nitrogens with zero attached hydrogens (tertiary/aromatic N) is 1. The molecule has 2 aromatic rings. The summed E-state index contributed by atoms with van der Waals surface area (Å²) < 4.78 is 32.3. The molecule has 0 saturated carbocycles. The summed E-state index contributed by atoms with van der Waals surface area (Å²) in [5, 5.41) is 2.86. The number of carbonyl (C=O) groups excluding carboxylic acids is 2. The Morgan fingerprint density at radius 1 is 1.03 bits per heavy atom. The molecule has 1 fully saturated rings. The summed E-state index contributed by atoms with van der Waals surface area (Å²) in [6, 6.07) is 13.4. The van der Waals surface area contributed by atoms with Crippen LogP contribution in [0.5, 0.6) is 0 Å². The molecule has 172 valence electrons. The van der Waals surface area contributed by atoms with Crippen molar-refractivity contribution in [3.63, 3.8) is 0 Å². The Bertz CT molecular complexity index is 1030. The highest BCUT2D eigenvalue weighted by molar-refractivity contribution is 7.89. The van der Waals surface area contributed by atoms with Crippen LogP contribution >= 0.6 is 0 Å². The summed E-state index contributed by atoms with van der Waals surface area (Å²) in [5.74, 6) is -0.785. The Kier molecular flexibility index (Phi) is 8.04. The van der Waals surface area contributed by atoms with Crippen LogP contribution < -0.4 is 5.32 Å². The number of amides is 1. The predicted molar refractivity (Wildman–Crippen MR) is 123 cm³/mol. The minimum atomic E-state index is -3.55. The van der Waals surface area contributed by atoms with Crippen molar-refractivity contribution in [2.24, 2.45) is 5.92 Å². The van der Waals surface area contributed by atoms with Gasteiger partial charge >= 0.3 is 5.97 Å². The van der Waals surface area contributed by atoms with Gasteiger partial charge in [0.15, 0.2) is 0 Å². The van der Waals surface area contributed by atoms with E-state index < -0.39 is 10.0 Å². The Balaban J connectivity index is 1.52. The molecule has 1 N–H and O–H groups in total. The highest BCUT2D eigenvalue weighted by Crippen LogP contribution is 2.25. The molecule has 32 heavy (non-hydrogen) atoms. The third kappa shape index (κ3) is 5.95. The van der Waals surface area contributed by atoms with E-state index in [1.165, 1.54) is 4.31 Å². The third-order valence-electron chi connectivity index (χ3n) is 5.60. The van der Waals surface area contributed by atoms with Gasteiger partial charge in [-0.1, -0.05) is 31.0 Å². The van der Waals surface area contributed by atoms with Crippen LogP contribution in [0.25, 0.3) is 0 Å². The normalized spacial score (nSPS) is 15.3. The molecule has 1 saturated heterocycles. The number of hydrogen-bond acceptors (Lipinski definition) is 5. The van der Waals surface area contributed by atoms with Crippen molar-refractivity contribution in [2.75, 3.05) is 25.0 Å². The summed E-state index contributed by atoms with van der Waals surface area (Å²) in [4.78, 5) is 24.9. The fourth-order valence-corrected chi connectivity index (χ4v) is 5.01. The lowest BCUT2D eigenvalue weighted by Crippen LogP contribution is -2.41. The first-order valence-electron chi connectivity index (χ1n) is 11.0. The van der Waals surface area contributed by atoms with Gasteiger partial charge in [-0.2, -0.15) is 4.31 Å². The summed E-state index contributed by atoms with van der Waals surface area (Å²) in [6.07, 6.45) is 2.69. The maximum absolute atomic E-state index is 12.8. The van der Waals surface area contributed by atoms with E-state index in [0.717, 1.165) is 18.4 Å². The average Bonchev–Trinajstić information content (AvgIpc) is 2.80. The molecule has 2 aromatic carbocycles. The van der Waals surface area contributed by atoms with E-state index in [1.54, 1.807) is 48.5 Å².